The van der Waals surface area contributed by atoms with Gasteiger partial charge in [0.1, 0.15) is 11.5 Å². The molecule has 1 unspecified atom stereocenters. The Bertz CT molecular complexity index is 562. The summed E-state index contributed by atoms with van der Waals surface area (Å²) in [5, 5.41) is 13.6. The summed E-state index contributed by atoms with van der Waals surface area (Å²) in [6, 6.07) is 17.7. The fourth-order valence-corrected chi connectivity index (χ4v) is 2.60. The Morgan fingerprint density at radius 2 is 1.85 bits per heavy atom. The van der Waals surface area contributed by atoms with Gasteiger partial charge in [0.2, 0.25) is 0 Å². The first-order chi connectivity index (χ1) is 9.73. The summed E-state index contributed by atoms with van der Waals surface area (Å²) >= 11 is 0. The minimum absolute atomic E-state index is 0.620. The van der Waals surface area contributed by atoms with Crippen LogP contribution in [-0.4, -0.2) is 23.8 Å². The van der Waals surface area contributed by atoms with Crippen molar-refractivity contribution in [2.24, 2.45) is 0 Å². The fourth-order valence-electron chi connectivity index (χ4n) is 2.60. The topological polar surface area (TPSA) is 41.5 Å². The molecule has 1 fully saturated rings. The quantitative estimate of drug-likeness (QED) is 0.896. The number of nitrogens with one attached hydrogen (secondary N) is 1. The van der Waals surface area contributed by atoms with Crippen LogP contribution in [0.4, 0.5) is 0 Å². The van der Waals surface area contributed by atoms with E-state index in [1.165, 1.54) is 0 Å². The third kappa shape index (κ3) is 3.18. The van der Waals surface area contributed by atoms with Crippen LogP contribution >= 0.6 is 0 Å². The van der Waals surface area contributed by atoms with E-state index in [0.717, 1.165) is 30.0 Å². The van der Waals surface area contributed by atoms with Crippen LogP contribution in [0.3, 0.4) is 0 Å². The molecule has 20 heavy (non-hydrogen) atoms. The molecule has 3 nitrogen and oxygen atoms in total. The Kier molecular flexibility index (Phi) is 3.72. The van der Waals surface area contributed by atoms with Gasteiger partial charge in [-0.3, -0.25) is 0 Å². The number of aliphatic hydroxyl groups is 1. The minimum atomic E-state index is -0.620. The molecule has 1 atom stereocenters. The van der Waals surface area contributed by atoms with Gasteiger partial charge in [0.15, 0.2) is 0 Å². The van der Waals surface area contributed by atoms with Gasteiger partial charge in [-0.15, -0.1) is 0 Å². The lowest BCUT2D eigenvalue weighted by molar-refractivity contribution is 0.0619. The SMILES string of the molecule is OC1(Cc2cccc(Oc3ccccc3)c2)CCNC1. The number of β-amino-alcohol motifs (C(OH)–C–C–N with tert-alkyl or cyclic N) is 1. The van der Waals surface area contributed by atoms with Crippen LogP contribution in [0.2, 0.25) is 0 Å². The molecule has 3 heteroatoms. The highest BCUT2D eigenvalue weighted by Gasteiger charge is 2.31. The molecule has 0 bridgehead atoms. The van der Waals surface area contributed by atoms with E-state index in [-0.39, 0.29) is 0 Å². The van der Waals surface area contributed by atoms with Gasteiger partial charge in [-0.1, -0.05) is 30.3 Å². The lowest BCUT2D eigenvalue weighted by Gasteiger charge is -2.21. The number of rotatable bonds is 4. The van der Waals surface area contributed by atoms with Crippen molar-refractivity contribution in [3.63, 3.8) is 0 Å². The number of para-hydroxylation sites is 1. The molecule has 0 radical (unpaired) electrons. The van der Waals surface area contributed by atoms with E-state index in [0.29, 0.717) is 13.0 Å². The lowest BCUT2D eigenvalue weighted by atomic mass is 9.94. The first kappa shape index (κ1) is 13.2. The third-order valence-corrected chi connectivity index (χ3v) is 3.63. The Hall–Kier alpha value is -1.84. The highest BCUT2D eigenvalue weighted by atomic mass is 16.5. The summed E-state index contributed by atoms with van der Waals surface area (Å²) in [5.74, 6) is 1.63. The molecule has 0 saturated carbocycles. The zero-order valence-electron chi connectivity index (χ0n) is 11.4. The molecule has 0 aromatic heterocycles. The molecule has 0 spiro atoms. The lowest BCUT2D eigenvalue weighted by Crippen LogP contribution is -2.33. The van der Waals surface area contributed by atoms with Gasteiger partial charge >= 0.3 is 0 Å². The first-order valence-corrected chi connectivity index (χ1v) is 6.99. The molecule has 0 amide bonds. The second-order valence-corrected chi connectivity index (χ2v) is 5.39. The molecule has 0 aliphatic carbocycles. The van der Waals surface area contributed by atoms with Crippen LogP contribution in [0, 0.1) is 0 Å². The van der Waals surface area contributed by atoms with E-state index in [4.69, 9.17) is 4.74 Å². The molecule has 3 rings (SSSR count). The summed E-state index contributed by atoms with van der Waals surface area (Å²) in [7, 11) is 0. The van der Waals surface area contributed by atoms with Crippen molar-refractivity contribution in [3.8, 4) is 11.5 Å². The zero-order chi connectivity index (χ0) is 13.8. The largest absolute Gasteiger partial charge is 0.457 e. The van der Waals surface area contributed by atoms with Gasteiger partial charge in [0.25, 0.3) is 0 Å². The Morgan fingerprint density at radius 3 is 2.60 bits per heavy atom. The van der Waals surface area contributed by atoms with Gasteiger partial charge in [-0.05, 0) is 42.8 Å². The van der Waals surface area contributed by atoms with E-state index in [2.05, 4.69) is 5.32 Å². The number of hydrogen-bond acceptors (Lipinski definition) is 3. The highest BCUT2D eigenvalue weighted by molar-refractivity contribution is 5.34. The van der Waals surface area contributed by atoms with Crippen LogP contribution < -0.4 is 10.1 Å². The van der Waals surface area contributed by atoms with E-state index in [1.54, 1.807) is 0 Å². The van der Waals surface area contributed by atoms with Crippen LogP contribution in [0.15, 0.2) is 54.6 Å². The van der Waals surface area contributed by atoms with E-state index in [1.807, 2.05) is 54.6 Å². The van der Waals surface area contributed by atoms with Gasteiger partial charge in [-0.25, -0.2) is 0 Å². The number of ether oxygens (including phenoxy) is 1. The van der Waals surface area contributed by atoms with Crippen molar-refractivity contribution in [1.82, 2.24) is 5.32 Å². The van der Waals surface area contributed by atoms with Crippen molar-refractivity contribution in [1.29, 1.82) is 0 Å². The van der Waals surface area contributed by atoms with E-state index >= 15 is 0 Å². The van der Waals surface area contributed by atoms with Gasteiger partial charge in [0, 0.05) is 13.0 Å². The van der Waals surface area contributed by atoms with Crippen molar-refractivity contribution < 1.29 is 9.84 Å². The molecule has 1 aliphatic heterocycles. The first-order valence-electron chi connectivity index (χ1n) is 6.99. The smallest absolute Gasteiger partial charge is 0.127 e. The van der Waals surface area contributed by atoms with Crippen molar-refractivity contribution in [3.05, 3.63) is 60.2 Å². The Labute approximate surface area is 119 Å². The van der Waals surface area contributed by atoms with Crippen LogP contribution in [0.25, 0.3) is 0 Å². The molecule has 104 valence electrons. The molecule has 1 heterocycles. The summed E-state index contributed by atoms with van der Waals surface area (Å²) in [6.45, 7) is 1.55. The van der Waals surface area contributed by atoms with Crippen LogP contribution in [-0.2, 0) is 6.42 Å². The molecule has 2 N–H and O–H groups in total. The average molecular weight is 269 g/mol. The monoisotopic (exact) mass is 269 g/mol. The van der Waals surface area contributed by atoms with Gasteiger partial charge in [0.05, 0.1) is 5.60 Å². The molecular weight excluding hydrogens is 250 g/mol. The predicted octanol–water partition coefficient (Wildman–Crippen LogP) is 2.75. The Morgan fingerprint density at radius 1 is 1.05 bits per heavy atom. The molecule has 2 aromatic rings. The third-order valence-electron chi connectivity index (χ3n) is 3.63. The van der Waals surface area contributed by atoms with Gasteiger partial charge < -0.3 is 15.2 Å². The van der Waals surface area contributed by atoms with Crippen molar-refractivity contribution >= 4 is 0 Å². The maximum Gasteiger partial charge on any atom is 0.127 e. The second-order valence-electron chi connectivity index (χ2n) is 5.39. The average Bonchev–Trinajstić information content (AvgIpc) is 2.87. The highest BCUT2D eigenvalue weighted by Crippen LogP contribution is 2.25. The maximum absolute atomic E-state index is 10.4. The second kappa shape index (κ2) is 5.65. The zero-order valence-corrected chi connectivity index (χ0v) is 11.4. The van der Waals surface area contributed by atoms with E-state index < -0.39 is 5.60 Å². The van der Waals surface area contributed by atoms with Crippen LogP contribution in [0.5, 0.6) is 11.5 Å². The Balaban J connectivity index is 1.73. The summed E-state index contributed by atoms with van der Waals surface area (Å²) in [6.07, 6.45) is 1.46. The minimum Gasteiger partial charge on any atom is -0.457 e. The molecular formula is C17H19NO2. The molecule has 2 aromatic carbocycles. The maximum atomic E-state index is 10.4. The summed E-state index contributed by atoms with van der Waals surface area (Å²) in [5.41, 5.74) is 0.482. The molecule has 1 saturated heterocycles. The predicted molar refractivity (Wildman–Crippen MR) is 79.1 cm³/mol. The van der Waals surface area contributed by atoms with Crippen LogP contribution in [0.1, 0.15) is 12.0 Å². The summed E-state index contributed by atoms with van der Waals surface area (Å²) < 4.78 is 5.82. The van der Waals surface area contributed by atoms with Crippen molar-refractivity contribution in [2.75, 3.05) is 13.1 Å². The van der Waals surface area contributed by atoms with E-state index in [9.17, 15) is 5.11 Å². The van der Waals surface area contributed by atoms with Gasteiger partial charge in [-0.2, -0.15) is 0 Å². The molecule has 1 aliphatic rings. The number of benzene rings is 2. The number of hydrogen-bond donors (Lipinski definition) is 2. The standard InChI is InChI=1S/C17H19NO2/c19-17(9-10-18-13-17)12-14-5-4-8-16(11-14)20-15-6-2-1-3-7-15/h1-8,11,18-19H,9-10,12-13H2. The van der Waals surface area contributed by atoms with Crippen molar-refractivity contribution in [2.45, 2.75) is 18.4 Å². The normalized spacial score (nSPS) is 21.9. The fraction of sp³-hybridized carbons (Fsp3) is 0.294. The summed E-state index contributed by atoms with van der Waals surface area (Å²) in [4.78, 5) is 0.